The second-order valence-electron chi connectivity index (χ2n) is 10.3. The number of benzene rings is 1. The fraction of sp³-hybridized carbons (Fsp3) is 0.407. The number of hydrogen-bond donors (Lipinski definition) is 1. The summed E-state index contributed by atoms with van der Waals surface area (Å²) in [5.41, 5.74) is 1.51. The number of aromatic nitrogens is 3. The SMILES string of the molecule is COc1ccc2c(c1C[C@H]1CCN(C(=O)OC(C)(C)C)C[C@@H]1F)O/C(=C\c1n[nH]c3ncccc13)C2=O. The molecule has 0 radical (unpaired) electrons. The Labute approximate surface area is 213 Å². The van der Waals surface area contributed by atoms with Crippen LogP contribution in [0.15, 0.2) is 36.2 Å². The summed E-state index contributed by atoms with van der Waals surface area (Å²) in [7, 11) is 1.53. The number of piperidine rings is 1. The van der Waals surface area contributed by atoms with Gasteiger partial charge in [0.2, 0.25) is 5.78 Å². The standard InChI is InChI=1S/C27H29FN4O5/c1-27(2,3)37-26(34)32-11-9-15(19(28)14-32)12-18-21(35-4)8-7-17-23(33)22(36-24(17)18)13-20-16-6-5-10-29-25(16)31-30-20/h5-8,10,13,15,19H,9,11-12,14H2,1-4H3,(H,29,30,31)/b22-13-/t15-,19+/m1/s1. The number of methoxy groups -OCH3 is 1. The van der Waals surface area contributed by atoms with Crippen LogP contribution >= 0.6 is 0 Å². The molecule has 0 aliphatic carbocycles. The second kappa shape index (κ2) is 9.49. The summed E-state index contributed by atoms with van der Waals surface area (Å²) in [5, 5.41) is 7.85. The topological polar surface area (TPSA) is 107 Å². The molecule has 2 atom stereocenters. The molecular weight excluding hydrogens is 479 g/mol. The Balaban J connectivity index is 1.38. The molecule has 2 aliphatic heterocycles. The van der Waals surface area contributed by atoms with Crippen molar-refractivity contribution in [3.05, 3.63) is 53.0 Å². The van der Waals surface area contributed by atoms with Crippen molar-refractivity contribution in [2.75, 3.05) is 20.2 Å². The predicted octanol–water partition coefficient (Wildman–Crippen LogP) is 4.72. The van der Waals surface area contributed by atoms with E-state index in [2.05, 4.69) is 15.2 Å². The van der Waals surface area contributed by atoms with Crippen molar-refractivity contribution >= 4 is 29.0 Å². The third-order valence-corrected chi connectivity index (χ3v) is 6.55. The Morgan fingerprint density at radius 3 is 2.86 bits per heavy atom. The number of amides is 1. The lowest BCUT2D eigenvalue weighted by Gasteiger charge is -2.36. The molecule has 37 heavy (non-hydrogen) atoms. The van der Waals surface area contributed by atoms with Gasteiger partial charge in [0, 0.05) is 29.8 Å². The van der Waals surface area contributed by atoms with Crippen molar-refractivity contribution in [2.45, 2.75) is 45.4 Å². The minimum absolute atomic E-state index is 0.0534. The van der Waals surface area contributed by atoms with Crippen LogP contribution in [0, 0.1) is 5.92 Å². The fourth-order valence-corrected chi connectivity index (χ4v) is 4.72. The number of likely N-dealkylation sites (tertiary alicyclic amines) is 1. The highest BCUT2D eigenvalue weighted by molar-refractivity contribution is 6.15. The van der Waals surface area contributed by atoms with E-state index in [4.69, 9.17) is 14.2 Å². The Morgan fingerprint density at radius 2 is 2.14 bits per heavy atom. The summed E-state index contributed by atoms with van der Waals surface area (Å²) in [6, 6.07) is 7.00. The average molecular weight is 509 g/mol. The van der Waals surface area contributed by atoms with Crippen LogP contribution in [0.5, 0.6) is 11.5 Å². The lowest BCUT2D eigenvalue weighted by Crippen LogP contribution is -2.47. The molecule has 1 aromatic carbocycles. The Morgan fingerprint density at radius 1 is 1.32 bits per heavy atom. The van der Waals surface area contributed by atoms with Crippen LogP contribution < -0.4 is 9.47 Å². The van der Waals surface area contributed by atoms with Gasteiger partial charge in [-0.25, -0.2) is 14.2 Å². The number of alkyl halides is 1. The number of nitrogens with zero attached hydrogens (tertiary/aromatic N) is 3. The molecule has 0 saturated carbocycles. The predicted molar refractivity (Wildman–Crippen MR) is 134 cm³/mol. The number of carbonyl (C=O) groups is 2. The molecule has 9 nitrogen and oxygen atoms in total. The van der Waals surface area contributed by atoms with Crippen LogP contribution in [0.25, 0.3) is 17.1 Å². The minimum atomic E-state index is -1.27. The summed E-state index contributed by atoms with van der Waals surface area (Å²) in [6.45, 7) is 5.66. The maximum Gasteiger partial charge on any atom is 0.410 e. The van der Waals surface area contributed by atoms with Crippen LogP contribution in [0.1, 0.15) is 48.8 Å². The quantitative estimate of drug-likeness (QED) is 0.508. The number of allylic oxidation sites excluding steroid dienone is 1. The summed E-state index contributed by atoms with van der Waals surface area (Å²) in [4.78, 5) is 31.2. The van der Waals surface area contributed by atoms with E-state index in [1.165, 1.54) is 12.0 Å². The van der Waals surface area contributed by atoms with E-state index < -0.39 is 17.9 Å². The van der Waals surface area contributed by atoms with Gasteiger partial charge in [-0.3, -0.25) is 9.89 Å². The molecule has 1 N–H and O–H groups in total. The average Bonchev–Trinajstić information content (AvgIpc) is 3.40. The normalized spacial score (nSPS) is 20.7. The van der Waals surface area contributed by atoms with Crippen molar-refractivity contribution < 1.29 is 28.2 Å². The molecule has 1 fully saturated rings. The minimum Gasteiger partial charge on any atom is -0.496 e. The van der Waals surface area contributed by atoms with Crippen LogP contribution in [0.4, 0.5) is 9.18 Å². The largest absolute Gasteiger partial charge is 0.496 e. The zero-order chi connectivity index (χ0) is 26.3. The number of aromatic amines is 1. The number of fused-ring (bicyclic) bond motifs is 2. The molecule has 0 unspecified atom stereocenters. The van der Waals surface area contributed by atoms with Gasteiger partial charge >= 0.3 is 6.09 Å². The molecule has 2 aromatic heterocycles. The highest BCUT2D eigenvalue weighted by Crippen LogP contribution is 2.42. The van der Waals surface area contributed by atoms with Crippen molar-refractivity contribution in [1.82, 2.24) is 20.1 Å². The number of nitrogens with one attached hydrogen (secondary N) is 1. The van der Waals surface area contributed by atoms with Crippen LogP contribution in [0.2, 0.25) is 0 Å². The molecule has 2 aliphatic rings. The van der Waals surface area contributed by atoms with Crippen molar-refractivity contribution in [3.63, 3.8) is 0 Å². The van der Waals surface area contributed by atoms with Crippen LogP contribution in [-0.4, -0.2) is 63.9 Å². The van der Waals surface area contributed by atoms with Crippen molar-refractivity contribution in [3.8, 4) is 11.5 Å². The Bertz CT molecular complexity index is 1390. The molecular formula is C27H29FN4O5. The second-order valence-corrected chi connectivity index (χ2v) is 10.3. The van der Waals surface area contributed by atoms with Gasteiger partial charge in [0.05, 0.1) is 24.9 Å². The Kier molecular flexibility index (Phi) is 6.35. The maximum atomic E-state index is 15.3. The lowest BCUT2D eigenvalue weighted by atomic mass is 9.87. The molecule has 194 valence electrons. The molecule has 1 saturated heterocycles. The van der Waals surface area contributed by atoms with E-state index >= 15 is 4.39 Å². The number of halogens is 1. The first-order valence-electron chi connectivity index (χ1n) is 12.2. The molecule has 1 amide bonds. The highest BCUT2D eigenvalue weighted by atomic mass is 19.1. The van der Waals surface area contributed by atoms with E-state index in [1.807, 2.05) is 6.07 Å². The van der Waals surface area contributed by atoms with Gasteiger partial charge in [-0.05, 0) is 63.8 Å². The van der Waals surface area contributed by atoms with E-state index in [1.54, 1.807) is 51.2 Å². The van der Waals surface area contributed by atoms with E-state index in [0.29, 0.717) is 53.4 Å². The van der Waals surface area contributed by atoms with Gasteiger partial charge in [0.1, 0.15) is 23.3 Å². The van der Waals surface area contributed by atoms with E-state index in [9.17, 15) is 9.59 Å². The summed E-state index contributed by atoms with van der Waals surface area (Å²) in [5.74, 6) is 0.347. The van der Waals surface area contributed by atoms with Gasteiger partial charge in [-0.15, -0.1) is 0 Å². The summed E-state index contributed by atoms with van der Waals surface area (Å²) >= 11 is 0. The lowest BCUT2D eigenvalue weighted by molar-refractivity contribution is 0.00542. The van der Waals surface area contributed by atoms with Gasteiger partial charge in [0.15, 0.2) is 11.4 Å². The number of ketones is 1. The van der Waals surface area contributed by atoms with Gasteiger partial charge in [-0.2, -0.15) is 5.10 Å². The molecule has 0 spiro atoms. The first-order valence-corrected chi connectivity index (χ1v) is 12.2. The number of rotatable bonds is 4. The number of H-pyrrole nitrogens is 1. The van der Waals surface area contributed by atoms with Crippen LogP contribution in [-0.2, 0) is 11.2 Å². The first-order chi connectivity index (χ1) is 17.6. The smallest absolute Gasteiger partial charge is 0.410 e. The summed E-state index contributed by atoms with van der Waals surface area (Å²) in [6.07, 6.45) is 2.19. The first kappa shape index (κ1) is 24.7. The number of Topliss-reactive ketones (excluding diaryl/α,β-unsaturated/α-hetero) is 1. The summed E-state index contributed by atoms with van der Waals surface area (Å²) < 4.78 is 32.3. The highest BCUT2D eigenvalue weighted by Gasteiger charge is 2.37. The third-order valence-electron chi connectivity index (χ3n) is 6.55. The zero-order valence-corrected chi connectivity index (χ0v) is 21.2. The van der Waals surface area contributed by atoms with Gasteiger partial charge < -0.3 is 19.1 Å². The number of pyridine rings is 1. The molecule has 0 bridgehead atoms. The fourth-order valence-electron chi connectivity index (χ4n) is 4.72. The van der Waals surface area contributed by atoms with E-state index in [-0.39, 0.29) is 24.0 Å². The Hall–Kier alpha value is -3.95. The zero-order valence-electron chi connectivity index (χ0n) is 21.2. The van der Waals surface area contributed by atoms with Crippen molar-refractivity contribution in [1.29, 1.82) is 0 Å². The molecule has 10 heteroatoms. The molecule has 4 heterocycles. The number of ether oxygens (including phenoxy) is 3. The third kappa shape index (κ3) is 4.87. The van der Waals surface area contributed by atoms with E-state index in [0.717, 1.165) is 5.39 Å². The maximum absolute atomic E-state index is 15.3. The molecule has 5 rings (SSSR count). The number of carbonyl (C=O) groups excluding carboxylic acids is 2. The molecule has 3 aromatic rings. The van der Waals surface area contributed by atoms with Gasteiger partial charge in [0.25, 0.3) is 0 Å². The number of hydrogen-bond acceptors (Lipinski definition) is 7. The monoisotopic (exact) mass is 508 g/mol. The van der Waals surface area contributed by atoms with Gasteiger partial charge in [-0.1, -0.05) is 0 Å². The van der Waals surface area contributed by atoms with Crippen molar-refractivity contribution in [2.24, 2.45) is 5.92 Å². The van der Waals surface area contributed by atoms with Crippen LogP contribution in [0.3, 0.4) is 0 Å².